The lowest BCUT2D eigenvalue weighted by Crippen LogP contribution is -2.49. The monoisotopic (exact) mass is 443 g/mol. The van der Waals surface area contributed by atoms with Gasteiger partial charge in [0.25, 0.3) is 5.91 Å². The molecule has 1 fully saturated rings. The number of hydrogen-bond acceptors (Lipinski definition) is 6. The Hall–Kier alpha value is -2.58. The van der Waals surface area contributed by atoms with Crippen molar-refractivity contribution in [1.29, 1.82) is 0 Å². The number of amides is 1. The summed E-state index contributed by atoms with van der Waals surface area (Å²) < 4.78 is 18.8. The smallest absolute Gasteiger partial charge is 0.328 e. The summed E-state index contributed by atoms with van der Waals surface area (Å²) in [5, 5.41) is 3.77. The normalized spacial score (nSPS) is 20.0. The van der Waals surface area contributed by atoms with Crippen LogP contribution in [0.3, 0.4) is 0 Å². The number of rotatable bonds is 5. The van der Waals surface area contributed by atoms with E-state index in [1.165, 1.54) is 7.11 Å². The fourth-order valence-corrected chi connectivity index (χ4v) is 4.74. The molecule has 2 aliphatic heterocycles. The second kappa shape index (κ2) is 8.75. The van der Waals surface area contributed by atoms with Crippen LogP contribution in [0.2, 0.25) is 0 Å². The Morgan fingerprint density at radius 1 is 1.25 bits per heavy atom. The van der Waals surface area contributed by atoms with Crippen LogP contribution in [0.5, 0.6) is 5.75 Å². The Morgan fingerprint density at radius 3 is 2.62 bits per heavy atom. The zero-order chi connectivity index (χ0) is 23.0. The van der Waals surface area contributed by atoms with Crippen molar-refractivity contribution in [3.05, 3.63) is 29.5 Å². The number of carbonyl (C=O) groups is 2. The second-order valence-electron chi connectivity index (χ2n) is 9.66. The van der Waals surface area contributed by atoms with Crippen LogP contribution in [-0.2, 0) is 14.3 Å². The third-order valence-electron chi connectivity index (χ3n) is 6.41. The first-order valence-corrected chi connectivity index (χ1v) is 11.2. The molecule has 2 atom stereocenters. The lowest BCUT2D eigenvalue weighted by Gasteiger charge is -2.34. The van der Waals surface area contributed by atoms with Gasteiger partial charge >= 0.3 is 5.97 Å². The molecule has 0 radical (unpaired) electrons. The zero-order valence-corrected chi connectivity index (χ0v) is 19.6. The molecule has 0 unspecified atom stereocenters. The first-order chi connectivity index (χ1) is 15.2. The Balaban J connectivity index is 1.72. The predicted octanol–water partition coefficient (Wildman–Crippen LogP) is 2.53. The molecule has 8 nitrogen and oxygen atoms in total. The number of carbonyl (C=O) groups excluding carboxylic acids is 2. The summed E-state index contributed by atoms with van der Waals surface area (Å²) in [7, 11) is 1.34. The molecule has 8 heteroatoms. The van der Waals surface area contributed by atoms with Gasteiger partial charge < -0.3 is 24.1 Å². The third-order valence-corrected chi connectivity index (χ3v) is 6.41. The fraction of sp³-hybridized carbons (Fsp3) is 0.583. The van der Waals surface area contributed by atoms with Crippen molar-refractivity contribution in [2.75, 3.05) is 46.6 Å². The van der Waals surface area contributed by atoms with Crippen molar-refractivity contribution in [3.8, 4) is 5.75 Å². The SMILES string of the molecule is COC(=O)[C@@H](NC(=O)c1c(C)n2c3c(cccc13)OC[C@H]2CN1CCOCC1)C(C)(C)C. The number of hydrogen-bond donors (Lipinski definition) is 1. The highest BCUT2D eigenvalue weighted by atomic mass is 16.5. The van der Waals surface area contributed by atoms with Gasteiger partial charge in [-0.3, -0.25) is 9.69 Å². The highest BCUT2D eigenvalue weighted by Gasteiger charge is 2.36. The molecule has 0 saturated carbocycles. The number of ether oxygens (including phenoxy) is 3. The van der Waals surface area contributed by atoms with Gasteiger partial charge in [0, 0.05) is 30.7 Å². The Bertz CT molecular complexity index is 1020. The number of aromatic nitrogens is 1. The molecule has 4 rings (SSSR count). The number of benzene rings is 1. The van der Waals surface area contributed by atoms with Gasteiger partial charge in [0.1, 0.15) is 18.4 Å². The summed E-state index contributed by atoms with van der Waals surface area (Å²) in [6.07, 6.45) is 0. The molecule has 0 spiro atoms. The van der Waals surface area contributed by atoms with E-state index in [4.69, 9.17) is 14.2 Å². The Labute approximate surface area is 188 Å². The van der Waals surface area contributed by atoms with Crippen LogP contribution in [-0.4, -0.2) is 74.0 Å². The van der Waals surface area contributed by atoms with Crippen LogP contribution in [0.1, 0.15) is 42.9 Å². The minimum Gasteiger partial charge on any atom is -0.489 e. The highest BCUT2D eigenvalue weighted by molar-refractivity contribution is 6.10. The number of methoxy groups -OCH3 is 1. The molecule has 1 amide bonds. The zero-order valence-electron chi connectivity index (χ0n) is 19.6. The molecule has 1 saturated heterocycles. The third kappa shape index (κ3) is 4.09. The molecule has 2 aromatic rings. The highest BCUT2D eigenvalue weighted by Crippen LogP contribution is 2.39. The van der Waals surface area contributed by atoms with Gasteiger partial charge in [0.15, 0.2) is 0 Å². The number of nitrogens with one attached hydrogen (secondary N) is 1. The molecule has 1 aromatic heterocycles. The van der Waals surface area contributed by atoms with E-state index in [9.17, 15) is 9.59 Å². The molecule has 2 aliphatic rings. The maximum atomic E-state index is 13.5. The van der Waals surface area contributed by atoms with Crippen LogP contribution >= 0.6 is 0 Å². The quantitative estimate of drug-likeness (QED) is 0.716. The summed E-state index contributed by atoms with van der Waals surface area (Å²) >= 11 is 0. The minimum absolute atomic E-state index is 0.0890. The molecule has 174 valence electrons. The Morgan fingerprint density at radius 2 is 1.97 bits per heavy atom. The second-order valence-corrected chi connectivity index (χ2v) is 9.66. The minimum atomic E-state index is -0.758. The maximum absolute atomic E-state index is 13.5. The number of morpholine rings is 1. The van der Waals surface area contributed by atoms with E-state index in [0.29, 0.717) is 12.2 Å². The molecule has 0 aliphatic carbocycles. The lowest BCUT2D eigenvalue weighted by atomic mass is 9.86. The Kier molecular flexibility index (Phi) is 6.18. The predicted molar refractivity (Wildman–Crippen MR) is 121 cm³/mol. The molecule has 0 bridgehead atoms. The van der Waals surface area contributed by atoms with E-state index in [1.54, 1.807) is 0 Å². The van der Waals surface area contributed by atoms with Gasteiger partial charge in [-0.25, -0.2) is 4.79 Å². The van der Waals surface area contributed by atoms with Gasteiger partial charge in [-0.05, 0) is 18.4 Å². The van der Waals surface area contributed by atoms with Crippen molar-refractivity contribution in [2.45, 2.75) is 39.8 Å². The number of para-hydroxylation sites is 1. The standard InChI is InChI=1S/C24H33N3O5/c1-15-19(22(28)25-21(23(29)30-5)24(2,3)4)17-7-6-8-18-20(17)27(15)16(14-32-18)13-26-9-11-31-12-10-26/h6-8,16,21H,9-14H2,1-5H3,(H,25,28)/t16-,21-/m1/s1. The van der Waals surface area contributed by atoms with Crippen LogP contribution in [0.25, 0.3) is 10.9 Å². The van der Waals surface area contributed by atoms with E-state index < -0.39 is 17.4 Å². The van der Waals surface area contributed by atoms with Gasteiger partial charge in [0.05, 0.1) is 37.4 Å². The lowest BCUT2D eigenvalue weighted by molar-refractivity contribution is -0.145. The van der Waals surface area contributed by atoms with E-state index in [2.05, 4.69) is 14.8 Å². The molecule has 1 N–H and O–H groups in total. The topological polar surface area (TPSA) is 82.0 Å². The van der Waals surface area contributed by atoms with Gasteiger partial charge in [0.2, 0.25) is 0 Å². The van der Waals surface area contributed by atoms with E-state index in [1.807, 2.05) is 45.9 Å². The molecular weight excluding hydrogens is 410 g/mol. The maximum Gasteiger partial charge on any atom is 0.328 e. The molecule has 32 heavy (non-hydrogen) atoms. The summed E-state index contributed by atoms with van der Waals surface area (Å²) in [5.74, 6) is 0.0507. The van der Waals surface area contributed by atoms with Crippen LogP contribution in [0, 0.1) is 12.3 Å². The molecular formula is C24H33N3O5. The van der Waals surface area contributed by atoms with Crippen molar-refractivity contribution in [3.63, 3.8) is 0 Å². The van der Waals surface area contributed by atoms with Gasteiger partial charge in [-0.2, -0.15) is 0 Å². The number of esters is 1. The van der Waals surface area contributed by atoms with Crippen molar-refractivity contribution in [2.24, 2.45) is 5.41 Å². The van der Waals surface area contributed by atoms with E-state index in [0.717, 1.165) is 55.2 Å². The summed E-state index contributed by atoms with van der Waals surface area (Å²) in [6, 6.07) is 5.12. The van der Waals surface area contributed by atoms with Crippen LogP contribution < -0.4 is 10.1 Å². The van der Waals surface area contributed by atoms with Crippen molar-refractivity contribution in [1.82, 2.24) is 14.8 Å². The number of nitrogens with zero attached hydrogens (tertiary/aromatic N) is 2. The van der Waals surface area contributed by atoms with Gasteiger partial charge in [-0.1, -0.05) is 32.9 Å². The first kappa shape index (κ1) is 22.6. The first-order valence-electron chi connectivity index (χ1n) is 11.2. The average molecular weight is 444 g/mol. The molecule has 3 heterocycles. The molecule has 1 aromatic carbocycles. The van der Waals surface area contributed by atoms with Gasteiger partial charge in [-0.15, -0.1) is 0 Å². The largest absolute Gasteiger partial charge is 0.489 e. The summed E-state index contributed by atoms with van der Waals surface area (Å²) in [6.45, 7) is 12.3. The fourth-order valence-electron chi connectivity index (χ4n) is 4.74. The average Bonchev–Trinajstić information content (AvgIpc) is 3.07. The van der Waals surface area contributed by atoms with Crippen molar-refractivity contribution >= 4 is 22.8 Å². The van der Waals surface area contributed by atoms with Crippen LogP contribution in [0.4, 0.5) is 0 Å². The van der Waals surface area contributed by atoms with Crippen molar-refractivity contribution < 1.29 is 23.8 Å². The summed E-state index contributed by atoms with van der Waals surface area (Å²) in [5.41, 5.74) is 1.90. The van der Waals surface area contributed by atoms with E-state index in [-0.39, 0.29) is 11.9 Å². The summed E-state index contributed by atoms with van der Waals surface area (Å²) in [4.78, 5) is 28.3. The van der Waals surface area contributed by atoms with E-state index >= 15 is 0 Å². The van der Waals surface area contributed by atoms with Crippen LogP contribution in [0.15, 0.2) is 18.2 Å².